The average molecular weight is 499 g/mol. The lowest BCUT2D eigenvalue weighted by atomic mass is 9.79. The van der Waals surface area contributed by atoms with Crippen molar-refractivity contribution in [1.29, 1.82) is 0 Å². The molecule has 31 heavy (non-hydrogen) atoms. The molecule has 3 nitrogen and oxygen atoms in total. The number of ketones is 2. The summed E-state index contributed by atoms with van der Waals surface area (Å²) in [5.41, 5.74) is 5.93. The van der Waals surface area contributed by atoms with Gasteiger partial charge >= 0.3 is 0 Å². The highest BCUT2D eigenvalue weighted by atomic mass is 79.9. The number of aromatic nitrogens is 1. The van der Waals surface area contributed by atoms with Gasteiger partial charge in [0.15, 0.2) is 30.5 Å². The average Bonchev–Trinajstić information content (AvgIpc) is 2.72. The zero-order valence-electron chi connectivity index (χ0n) is 17.7. The fourth-order valence-corrected chi connectivity index (χ4v) is 4.40. The third-order valence-corrected chi connectivity index (χ3v) is 6.14. The number of aryl methyl sites for hydroxylation is 2. The minimum absolute atomic E-state index is 0. The number of nitrogens with zero attached hydrogens (tertiary/aromatic N) is 1. The number of hydrogen-bond donors (Lipinski definition) is 0. The Morgan fingerprint density at radius 1 is 1.13 bits per heavy atom. The second kappa shape index (κ2) is 9.88. The fraction of sp³-hybridized carbons (Fsp3) is 0.269. The molecule has 2 aromatic carbocycles. The van der Waals surface area contributed by atoms with Crippen molar-refractivity contribution in [2.24, 2.45) is 5.92 Å². The molecule has 0 N–H and O–H groups in total. The second-order valence-electron chi connectivity index (χ2n) is 8.20. The van der Waals surface area contributed by atoms with E-state index in [1.807, 2.05) is 59.4 Å². The summed E-state index contributed by atoms with van der Waals surface area (Å²) in [7, 11) is 0. The van der Waals surface area contributed by atoms with E-state index in [1.54, 1.807) is 6.92 Å². The molecule has 3 aromatic rings. The number of halogens is 2. The van der Waals surface area contributed by atoms with E-state index in [-0.39, 0.29) is 34.5 Å². The molecule has 0 spiro atoms. The smallest absolute Gasteiger partial charge is 0.180 e. The Balaban J connectivity index is 0.00000272. The molecule has 0 bridgehead atoms. The van der Waals surface area contributed by atoms with Crippen molar-refractivity contribution in [1.82, 2.24) is 0 Å². The van der Waals surface area contributed by atoms with Crippen LogP contribution in [0.1, 0.15) is 56.3 Å². The van der Waals surface area contributed by atoms with Gasteiger partial charge in [0, 0.05) is 28.1 Å². The molecule has 1 aliphatic carbocycles. The Hall–Kier alpha value is -2.30. The molecule has 0 amide bonds. The number of pyridine rings is 1. The zero-order chi connectivity index (χ0) is 21.3. The summed E-state index contributed by atoms with van der Waals surface area (Å²) >= 11 is 5.97. The molecule has 0 saturated carbocycles. The summed E-state index contributed by atoms with van der Waals surface area (Å²) in [6.45, 7) is 4.30. The highest BCUT2D eigenvalue weighted by Crippen LogP contribution is 2.29. The Labute approximate surface area is 198 Å². The number of carbonyl (C=O) groups excluding carboxylic acids is 2. The lowest BCUT2D eigenvalue weighted by molar-refractivity contribution is -0.688. The fourth-order valence-electron chi connectivity index (χ4n) is 4.27. The van der Waals surface area contributed by atoms with Gasteiger partial charge in [0.2, 0.25) is 0 Å². The lowest BCUT2D eigenvalue weighted by Crippen LogP contribution is -3.00. The minimum Gasteiger partial charge on any atom is -1.00 e. The first-order valence-electron chi connectivity index (χ1n) is 10.3. The lowest BCUT2D eigenvalue weighted by Gasteiger charge is -2.24. The Kier molecular flexibility index (Phi) is 7.45. The standard InChI is InChI=1S/C26H25ClNO2.BrH/c1-17-3-10-24-20(13-17)6-7-22(26(24)30)14-21-11-12-28(16-25(21)18(2)29)15-19-4-8-23(27)9-5-19;/h3-5,8-13,16,22H,6-7,14-15H2,1-2H3;1H/q+1;/p-1. The minimum atomic E-state index is -0.0783. The van der Waals surface area contributed by atoms with Gasteiger partial charge in [-0.05, 0) is 56.4 Å². The summed E-state index contributed by atoms with van der Waals surface area (Å²) in [6, 6.07) is 15.8. The number of fused-ring (bicyclic) bond motifs is 1. The van der Waals surface area contributed by atoms with Gasteiger partial charge in [-0.3, -0.25) is 9.59 Å². The van der Waals surface area contributed by atoms with Crippen LogP contribution in [0, 0.1) is 12.8 Å². The van der Waals surface area contributed by atoms with E-state index in [0.29, 0.717) is 23.6 Å². The maximum atomic E-state index is 13.0. The van der Waals surface area contributed by atoms with E-state index in [0.717, 1.165) is 35.1 Å². The predicted octanol–water partition coefficient (Wildman–Crippen LogP) is 2.18. The summed E-state index contributed by atoms with van der Waals surface area (Å²) in [4.78, 5) is 25.4. The van der Waals surface area contributed by atoms with Gasteiger partial charge in [0.25, 0.3) is 0 Å². The van der Waals surface area contributed by atoms with Crippen molar-refractivity contribution in [3.63, 3.8) is 0 Å². The Morgan fingerprint density at radius 3 is 2.58 bits per heavy atom. The molecule has 4 rings (SSSR count). The number of rotatable bonds is 5. The van der Waals surface area contributed by atoms with Crippen molar-refractivity contribution in [3.05, 3.63) is 99.3 Å². The molecular formula is C26H25BrClNO2. The molecule has 0 aliphatic heterocycles. The van der Waals surface area contributed by atoms with Crippen LogP contribution in [0.4, 0.5) is 0 Å². The van der Waals surface area contributed by atoms with Crippen LogP contribution in [0.15, 0.2) is 60.9 Å². The number of benzene rings is 2. The first-order chi connectivity index (χ1) is 14.4. The summed E-state index contributed by atoms with van der Waals surface area (Å²) in [6.07, 6.45) is 6.22. The SMILES string of the molecule is CC(=O)c1c[n+](Cc2ccc(Cl)cc2)ccc1CC1CCc2cc(C)ccc2C1=O.[Br-]. The first kappa shape index (κ1) is 23.4. The molecule has 160 valence electrons. The Morgan fingerprint density at radius 2 is 1.87 bits per heavy atom. The van der Waals surface area contributed by atoms with Crippen LogP contribution >= 0.6 is 11.6 Å². The largest absolute Gasteiger partial charge is 1.00 e. The molecule has 1 atom stereocenters. The highest BCUT2D eigenvalue weighted by Gasteiger charge is 2.29. The quantitative estimate of drug-likeness (QED) is 0.399. The van der Waals surface area contributed by atoms with Crippen LogP contribution in [0.2, 0.25) is 5.02 Å². The van der Waals surface area contributed by atoms with E-state index in [2.05, 4.69) is 13.0 Å². The van der Waals surface area contributed by atoms with Crippen molar-refractivity contribution in [2.75, 3.05) is 0 Å². The van der Waals surface area contributed by atoms with Crippen molar-refractivity contribution >= 4 is 23.2 Å². The predicted molar refractivity (Wildman–Crippen MR) is 118 cm³/mol. The summed E-state index contributed by atoms with van der Waals surface area (Å²) in [5, 5.41) is 0.706. The number of hydrogen-bond acceptors (Lipinski definition) is 2. The van der Waals surface area contributed by atoms with Gasteiger partial charge in [-0.15, -0.1) is 0 Å². The first-order valence-corrected chi connectivity index (χ1v) is 10.7. The summed E-state index contributed by atoms with van der Waals surface area (Å²) < 4.78 is 2.00. The normalized spacial score (nSPS) is 15.2. The molecule has 1 heterocycles. The Bertz CT molecular complexity index is 1120. The molecule has 1 aliphatic rings. The third kappa shape index (κ3) is 5.31. The van der Waals surface area contributed by atoms with Gasteiger partial charge in [-0.2, -0.15) is 0 Å². The van der Waals surface area contributed by atoms with Crippen LogP contribution in [0.25, 0.3) is 0 Å². The molecular weight excluding hydrogens is 474 g/mol. The monoisotopic (exact) mass is 497 g/mol. The van der Waals surface area contributed by atoms with E-state index < -0.39 is 0 Å². The van der Waals surface area contributed by atoms with Crippen LogP contribution < -0.4 is 21.5 Å². The van der Waals surface area contributed by atoms with Gasteiger partial charge in [-0.1, -0.05) is 47.5 Å². The molecule has 0 fully saturated rings. The van der Waals surface area contributed by atoms with Crippen molar-refractivity contribution in [3.8, 4) is 0 Å². The van der Waals surface area contributed by atoms with Crippen LogP contribution in [0.3, 0.4) is 0 Å². The van der Waals surface area contributed by atoms with E-state index >= 15 is 0 Å². The maximum Gasteiger partial charge on any atom is 0.180 e. The molecule has 1 unspecified atom stereocenters. The maximum absolute atomic E-state index is 13.0. The third-order valence-electron chi connectivity index (χ3n) is 5.89. The molecule has 5 heteroatoms. The molecule has 1 aromatic heterocycles. The van der Waals surface area contributed by atoms with E-state index in [9.17, 15) is 9.59 Å². The van der Waals surface area contributed by atoms with Gasteiger partial charge in [0.1, 0.15) is 0 Å². The molecule has 0 saturated heterocycles. The van der Waals surface area contributed by atoms with Crippen LogP contribution in [0.5, 0.6) is 0 Å². The van der Waals surface area contributed by atoms with Gasteiger partial charge < -0.3 is 17.0 Å². The van der Waals surface area contributed by atoms with Crippen molar-refractivity contribution in [2.45, 2.75) is 39.7 Å². The van der Waals surface area contributed by atoms with Crippen molar-refractivity contribution < 1.29 is 31.1 Å². The highest BCUT2D eigenvalue weighted by molar-refractivity contribution is 6.30. The number of Topliss-reactive ketones (excluding diaryl/α,β-unsaturated/α-hetero) is 2. The van der Waals surface area contributed by atoms with Gasteiger partial charge in [-0.25, -0.2) is 4.57 Å². The zero-order valence-corrected chi connectivity index (χ0v) is 20.0. The van der Waals surface area contributed by atoms with Crippen LogP contribution in [-0.2, 0) is 19.4 Å². The summed E-state index contributed by atoms with van der Waals surface area (Å²) in [5.74, 6) is 0.142. The molecule has 0 radical (unpaired) electrons. The van der Waals surface area contributed by atoms with Crippen LogP contribution in [-0.4, -0.2) is 11.6 Å². The topological polar surface area (TPSA) is 38.0 Å². The van der Waals surface area contributed by atoms with E-state index in [1.165, 1.54) is 5.56 Å². The van der Waals surface area contributed by atoms with Gasteiger partial charge in [0.05, 0.1) is 5.56 Å². The second-order valence-corrected chi connectivity index (χ2v) is 8.64. The number of carbonyl (C=O) groups is 2. The van der Waals surface area contributed by atoms with E-state index in [4.69, 9.17) is 11.6 Å².